The molecular formula is C14H12FNO3. The second-order valence-corrected chi connectivity index (χ2v) is 3.92. The van der Waals surface area contributed by atoms with Crippen LogP contribution in [0, 0.1) is 5.82 Å². The van der Waals surface area contributed by atoms with Crippen molar-refractivity contribution in [1.82, 2.24) is 0 Å². The molecule has 0 unspecified atom stereocenters. The zero-order valence-electron chi connectivity index (χ0n) is 9.97. The number of aliphatic hydroxyl groups is 1. The summed E-state index contributed by atoms with van der Waals surface area (Å²) in [7, 11) is 0. The Labute approximate surface area is 109 Å². The molecule has 0 saturated carbocycles. The fourth-order valence-corrected chi connectivity index (χ4v) is 1.66. The van der Waals surface area contributed by atoms with Crippen LogP contribution in [0.3, 0.4) is 0 Å². The largest absolute Gasteiger partial charge is 0.456 e. The second kappa shape index (κ2) is 5.49. The van der Waals surface area contributed by atoms with Gasteiger partial charge in [0.2, 0.25) is 0 Å². The lowest BCUT2D eigenvalue weighted by Gasteiger charge is -2.10. The fraction of sp³-hybridized carbons (Fsp3) is 0.0714. The molecule has 0 aliphatic heterocycles. The lowest BCUT2D eigenvalue weighted by Crippen LogP contribution is -2.12. The third kappa shape index (κ3) is 3.08. The van der Waals surface area contributed by atoms with E-state index in [1.807, 2.05) is 0 Å². The van der Waals surface area contributed by atoms with Crippen LogP contribution in [-0.2, 0) is 6.61 Å². The lowest BCUT2D eigenvalue weighted by atomic mass is 10.2. The van der Waals surface area contributed by atoms with E-state index in [9.17, 15) is 9.18 Å². The molecule has 19 heavy (non-hydrogen) atoms. The Morgan fingerprint density at radius 1 is 1.26 bits per heavy atom. The number of aliphatic hydroxyl groups excluding tert-OH is 1. The molecule has 0 aromatic heterocycles. The molecule has 0 aliphatic rings. The van der Waals surface area contributed by atoms with E-state index in [0.717, 1.165) is 6.07 Å². The van der Waals surface area contributed by atoms with Gasteiger partial charge in [-0.15, -0.1) is 0 Å². The van der Waals surface area contributed by atoms with Crippen molar-refractivity contribution in [3.63, 3.8) is 0 Å². The maximum Gasteiger partial charge on any atom is 0.252 e. The minimum absolute atomic E-state index is 0.192. The smallest absolute Gasteiger partial charge is 0.252 e. The lowest BCUT2D eigenvalue weighted by molar-refractivity contribution is 0.0998. The Kier molecular flexibility index (Phi) is 3.77. The molecule has 0 aliphatic carbocycles. The van der Waals surface area contributed by atoms with E-state index >= 15 is 0 Å². The highest BCUT2D eigenvalue weighted by Gasteiger charge is 2.10. The zero-order chi connectivity index (χ0) is 13.8. The number of hydrogen-bond donors (Lipinski definition) is 2. The van der Waals surface area contributed by atoms with Gasteiger partial charge in [-0.05, 0) is 29.8 Å². The van der Waals surface area contributed by atoms with Gasteiger partial charge in [-0.2, -0.15) is 0 Å². The van der Waals surface area contributed by atoms with E-state index in [-0.39, 0.29) is 23.7 Å². The molecule has 0 atom stereocenters. The summed E-state index contributed by atoms with van der Waals surface area (Å²) in [6.45, 7) is -0.300. The highest BCUT2D eigenvalue weighted by molar-refractivity contribution is 5.95. The first-order valence-electron chi connectivity index (χ1n) is 5.57. The van der Waals surface area contributed by atoms with E-state index in [1.54, 1.807) is 18.2 Å². The van der Waals surface area contributed by atoms with Crippen LogP contribution in [-0.4, -0.2) is 11.0 Å². The molecule has 2 aromatic carbocycles. The minimum Gasteiger partial charge on any atom is -0.456 e. The van der Waals surface area contributed by atoms with Gasteiger partial charge in [-0.1, -0.05) is 12.1 Å². The fourth-order valence-electron chi connectivity index (χ4n) is 1.66. The molecule has 3 N–H and O–H groups in total. The summed E-state index contributed by atoms with van der Waals surface area (Å²) in [6, 6.07) is 10.3. The van der Waals surface area contributed by atoms with Crippen LogP contribution >= 0.6 is 0 Å². The van der Waals surface area contributed by atoms with Crippen molar-refractivity contribution >= 4 is 5.91 Å². The molecular weight excluding hydrogens is 249 g/mol. The van der Waals surface area contributed by atoms with Crippen molar-refractivity contribution in [2.45, 2.75) is 6.61 Å². The first kappa shape index (κ1) is 13.0. The summed E-state index contributed by atoms with van der Waals surface area (Å²) in [5, 5.41) is 9.00. The predicted octanol–water partition coefficient (Wildman–Crippen LogP) is 2.21. The summed E-state index contributed by atoms with van der Waals surface area (Å²) in [5.74, 6) is -0.727. The number of carbonyl (C=O) groups is 1. The number of benzene rings is 2. The third-order valence-electron chi connectivity index (χ3n) is 2.49. The van der Waals surface area contributed by atoms with Crippen molar-refractivity contribution in [2.75, 3.05) is 0 Å². The number of para-hydroxylation sites is 1. The number of halogens is 1. The molecule has 1 amide bonds. The number of hydrogen-bond acceptors (Lipinski definition) is 3. The molecule has 2 aromatic rings. The van der Waals surface area contributed by atoms with E-state index < -0.39 is 11.7 Å². The van der Waals surface area contributed by atoms with Gasteiger partial charge < -0.3 is 15.6 Å². The van der Waals surface area contributed by atoms with Crippen LogP contribution in [0.4, 0.5) is 4.39 Å². The maximum absolute atomic E-state index is 13.3. The van der Waals surface area contributed by atoms with Crippen molar-refractivity contribution in [3.8, 4) is 11.5 Å². The molecule has 98 valence electrons. The Morgan fingerprint density at radius 3 is 2.68 bits per heavy atom. The van der Waals surface area contributed by atoms with Crippen LogP contribution in [0.2, 0.25) is 0 Å². The average Bonchev–Trinajstić information content (AvgIpc) is 2.38. The number of carbonyl (C=O) groups excluding carboxylic acids is 1. The number of ether oxygens (including phenoxy) is 1. The van der Waals surface area contributed by atoms with Crippen molar-refractivity contribution in [2.24, 2.45) is 5.73 Å². The first-order chi connectivity index (χ1) is 9.10. The van der Waals surface area contributed by atoms with Crippen molar-refractivity contribution < 1.29 is 19.0 Å². The Morgan fingerprint density at radius 2 is 2.00 bits per heavy atom. The number of nitrogens with two attached hydrogens (primary N) is 1. The Hall–Kier alpha value is -2.40. The summed E-state index contributed by atoms with van der Waals surface area (Å²) < 4.78 is 18.7. The second-order valence-electron chi connectivity index (χ2n) is 3.92. The van der Waals surface area contributed by atoms with Crippen molar-refractivity contribution in [3.05, 3.63) is 59.4 Å². The minimum atomic E-state index is -0.630. The SMILES string of the molecule is NC(=O)c1ccccc1Oc1cc(F)cc(CO)c1. The molecule has 5 heteroatoms. The molecule has 4 nitrogen and oxygen atoms in total. The van der Waals surface area contributed by atoms with E-state index in [4.69, 9.17) is 15.6 Å². The van der Waals surface area contributed by atoms with Crippen LogP contribution < -0.4 is 10.5 Å². The standard InChI is InChI=1S/C14H12FNO3/c15-10-5-9(8-17)6-11(7-10)19-13-4-2-1-3-12(13)14(16)18/h1-7,17H,8H2,(H2,16,18). The van der Waals surface area contributed by atoms with Gasteiger partial charge in [0, 0.05) is 6.07 Å². The van der Waals surface area contributed by atoms with Crippen LogP contribution in [0.1, 0.15) is 15.9 Å². The number of rotatable bonds is 4. The maximum atomic E-state index is 13.3. The number of primary amides is 1. The van der Waals surface area contributed by atoms with E-state index in [0.29, 0.717) is 5.56 Å². The molecule has 0 spiro atoms. The Balaban J connectivity index is 2.36. The number of amides is 1. The molecule has 0 bridgehead atoms. The van der Waals surface area contributed by atoms with Gasteiger partial charge in [0.25, 0.3) is 5.91 Å². The van der Waals surface area contributed by atoms with Crippen molar-refractivity contribution in [1.29, 1.82) is 0 Å². The molecule has 0 heterocycles. The van der Waals surface area contributed by atoms with Gasteiger partial charge in [-0.3, -0.25) is 4.79 Å². The first-order valence-corrected chi connectivity index (χ1v) is 5.57. The van der Waals surface area contributed by atoms with Gasteiger partial charge in [0.05, 0.1) is 12.2 Å². The summed E-state index contributed by atoms with van der Waals surface area (Å²) in [4.78, 5) is 11.2. The third-order valence-corrected chi connectivity index (χ3v) is 2.49. The topological polar surface area (TPSA) is 72.6 Å². The normalized spacial score (nSPS) is 10.2. The molecule has 0 radical (unpaired) electrons. The molecule has 0 fully saturated rings. The quantitative estimate of drug-likeness (QED) is 0.886. The van der Waals surface area contributed by atoms with Gasteiger partial charge in [0.15, 0.2) is 0 Å². The highest BCUT2D eigenvalue weighted by Crippen LogP contribution is 2.26. The molecule has 0 saturated heterocycles. The average molecular weight is 261 g/mol. The highest BCUT2D eigenvalue weighted by atomic mass is 19.1. The van der Waals surface area contributed by atoms with Crippen LogP contribution in [0.25, 0.3) is 0 Å². The predicted molar refractivity (Wildman–Crippen MR) is 67.4 cm³/mol. The zero-order valence-corrected chi connectivity index (χ0v) is 9.97. The summed E-state index contributed by atoms with van der Waals surface area (Å²) in [5.41, 5.74) is 5.81. The monoisotopic (exact) mass is 261 g/mol. The van der Waals surface area contributed by atoms with Gasteiger partial charge in [-0.25, -0.2) is 4.39 Å². The summed E-state index contributed by atoms with van der Waals surface area (Å²) in [6.07, 6.45) is 0. The van der Waals surface area contributed by atoms with Gasteiger partial charge >= 0.3 is 0 Å². The van der Waals surface area contributed by atoms with E-state index in [2.05, 4.69) is 0 Å². The van der Waals surface area contributed by atoms with Gasteiger partial charge in [0.1, 0.15) is 17.3 Å². The van der Waals surface area contributed by atoms with Crippen LogP contribution in [0.5, 0.6) is 11.5 Å². The molecule has 2 rings (SSSR count). The van der Waals surface area contributed by atoms with E-state index in [1.165, 1.54) is 18.2 Å². The summed E-state index contributed by atoms with van der Waals surface area (Å²) >= 11 is 0. The Bertz CT molecular complexity index is 613. The van der Waals surface area contributed by atoms with Crippen LogP contribution in [0.15, 0.2) is 42.5 Å².